The molecule has 0 atom stereocenters. The Labute approximate surface area is 316 Å². The molecular formula is C47H54IrN2-2. The minimum atomic E-state index is 0. The van der Waals surface area contributed by atoms with Crippen LogP contribution in [0.25, 0.3) is 33.6 Å². The third-order valence-electron chi connectivity index (χ3n) is 14.3. The SMILES string of the molecule is CC1(C)c2c[c-]c(-c3ccccn3)cc2C(C)(C)C1(C)C.Cc1cc(-c2[c-]cc3c(c2)C(C)(C)C(C)(C)C3(C)C)ncc1-c1ccccc1.[Ir]. The van der Waals surface area contributed by atoms with Gasteiger partial charge in [0.25, 0.3) is 0 Å². The van der Waals surface area contributed by atoms with Crippen molar-refractivity contribution in [2.45, 2.75) is 112 Å². The molecule has 7 rings (SSSR count). The Kier molecular flexibility index (Phi) is 9.60. The van der Waals surface area contributed by atoms with Gasteiger partial charge in [0.2, 0.25) is 0 Å². The number of aryl methyl sites for hydroxylation is 1. The van der Waals surface area contributed by atoms with E-state index in [0.717, 1.165) is 22.5 Å². The average Bonchev–Trinajstić information content (AvgIpc) is 3.25. The summed E-state index contributed by atoms with van der Waals surface area (Å²) in [6.45, 7) is 30.6. The van der Waals surface area contributed by atoms with Crippen molar-refractivity contribution in [2.24, 2.45) is 10.8 Å². The van der Waals surface area contributed by atoms with E-state index >= 15 is 0 Å². The van der Waals surface area contributed by atoms with Crippen LogP contribution in [0.15, 0.2) is 91.3 Å². The molecule has 3 heteroatoms. The van der Waals surface area contributed by atoms with Crippen molar-refractivity contribution in [1.29, 1.82) is 0 Å². The molecule has 5 aromatic rings. The Bertz CT molecular complexity index is 2010. The zero-order valence-electron chi connectivity index (χ0n) is 32.4. The summed E-state index contributed by atoms with van der Waals surface area (Å²) in [4.78, 5) is 9.26. The van der Waals surface area contributed by atoms with Crippen LogP contribution in [-0.4, -0.2) is 9.97 Å². The number of benzene rings is 3. The van der Waals surface area contributed by atoms with Gasteiger partial charge in [-0.3, -0.25) is 0 Å². The standard InChI is InChI=1S/C27H30N.C20H24N.Ir/c1-18-15-24(28-17-21(18)19-11-9-8-10-12-19)20-13-14-22-23(16-20)26(4,5)27(6,7)25(22,2)3;1-18(2)15-11-10-14(17-9-7-8-12-21-17)13-16(15)19(3,4)20(18,5)6;/h8-12,14-17H,1-7H3;7-9,11-13H,1-6H3;/q2*-1;. The van der Waals surface area contributed by atoms with Crippen LogP contribution in [0.3, 0.4) is 0 Å². The number of rotatable bonds is 3. The summed E-state index contributed by atoms with van der Waals surface area (Å²) in [5.74, 6) is 0. The van der Waals surface area contributed by atoms with Crippen molar-refractivity contribution >= 4 is 0 Å². The van der Waals surface area contributed by atoms with Crippen LogP contribution in [0.1, 0.15) is 111 Å². The van der Waals surface area contributed by atoms with Crippen LogP contribution in [0, 0.1) is 29.9 Å². The average molecular weight is 839 g/mol. The van der Waals surface area contributed by atoms with E-state index in [9.17, 15) is 0 Å². The van der Waals surface area contributed by atoms with Crippen molar-refractivity contribution in [3.05, 3.63) is 131 Å². The summed E-state index contributed by atoms with van der Waals surface area (Å²) in [6, 6.07) is 34.7. The number of hydrogen-bond donors (Lipinski definition) is 0. The van der Waals surface area contributed by atoms with Gasteiger partial charge < -0.3 is 9.97 Å². The molecule has 50 heavy (non-hydrogen) atoms. The van der Waals surface area contributed by atoms with Crippen molar-refractivity contribution in [1.82, 2.24) is 9.97 Å². The zero-order chi connectivity index (χ0) is 35.8. The molecule has 2 heterocycles. The fraction of sp³-hybridized carbons (Fsp3) is 0.404. The van der Waals surface area contributed by atoms with E-state index in [1.54, 1.807) is 0 Å². The molecule has 2 aromatic heterocycles. The van der Waals surface area contributed by atoms with E-state index in [0.29, 0.717) is 0 Å². The van der Waals surface area contributed by atoms with Crippen molar-refractivity contribution in [3.63, 3.8) is 0 Å². The molecule has 0 fully saturated rings. The van der Waals surface area contributed by atoms with Gasteiger partial charge in [0.15, 0.2) is 0 Å². The summed E-state index contributed by atoms with van der Waals surface area (Å²) >= 11 is 0. The van der Waals surface area contributed by atoms with Gasteiger partial charge >= 0.3 is 0 Å². The van der Waals surface area contributed by atoms with Crippen molar-refractivity contribution in [3.8, 4) is 33.6 Å². The molecule has 263 valence electrons. The molecule has 0 aliphatic heterocycles. The normalized spacial score (nSPS) is 19.3. The molecule has 3 aromatic carbocycles. The van der Waals surface area contributed by atoms with Gasteiger partial charge in [-0.2, -0.15) is 0 Å². The molecule has 1 radical (unpaired) electrons. The fourth-order valence-corrected chi connectivity index (χ4v) is 8.40. The summed E-state index contributed by atoms with van der Waals surface area (Å²) in [5.41, 5.74) is 14.4. The van der Waals surface area contributed by atoms with Crippen molar-refractivity contribution in [2.75, 3.05) is 0 Å². The Morgan fingerprint density at radius 2 is 0.960 bits per heavy atom. The first-order valence-electron chi connectivity index (χ1n) is 17.8. The Morgan fingerprint density at radius 1 is 0.500 bits per heavy atom. The van der Waals surface area contributed by atoms with Crippen LogP contribution in [0.4, 0.5) is 0 Å². The summed E-state index contributed by atoms with van der Waals surface area (Å²) in [7, 11) is 0. The number of aromatic nitrogens is 2. The van der Waals surface area contributed by atoms with Crippen LogP contribution < -0.4 is 0 Å². The van der Waals surface area contributed by atoms with E-state index in [4.69, 9.17) is 4.98 Å². The number of hydrogen-bond acceptors (Lipinski definition) is 2. The third-order valence-corrected chi connectivity index (χ3v) is 14.3. The van der Waals surface area contributed by atoms with Crippen LogP contribution in [-0.2, 0) is 41.8 Å². The topological polar surface area (TPSA) is 25.8 Å². The fourth-order valence-electron chi connectivity index (χ4n) is 8.40. The zero-order valence-corrected chi connectivity index (χ0v) is 34.8. The molecule has 2 aliphatic rings. The van der Waals surface area contributed by atoms with Gasteiger partial charge in [0, 0.05) is 38.1 Å². The maximum Gasteiger partial charge on any atom is 0.0242 e. The predicted molar refractivity (Wildman–Crippen MR) is 207 cm³/mol. The van der Waals surface area contributed by atoms with Gasteiger partial charge in [-0.25, -0.2) is 0 Å². The Morgan fingerprint density at radius 3 is 1.42 bits per heavy atom. The maximum absolute atomic E-state index is 4.80. The van der Waals surface area contributed by atoms with E-state index in [-0.39, 0.29) is 52.6 Å². The second kappa shape index (κ2) is 12.7. The van der Waals surface area contributed by atoms with Gasteiger partial charge in [-0.05, 0) is 68.0 Å². The molecule has 0 saturated carbocycles. The molecule has 0 N–H and O–H groups in total. The summed E-state index contributed by atoms with van der Waals surface area (Å²) < 4.78 is 0. The second-order valence-electron chi connectivity index (χ2n) is 17.6. The number of fused-ring (bicyclic) bond motifs is 2. The molecule has 0 spiro atoms. The summed E-state index contributed by atoms with van der Waals surface area (Å²) in [5, 5.41) is 0. The molecule has 0 amide bonds. The molecular weight excluding hydrogens is 785 g/mol. The number of pyridine rings is 2. The monoisotopic (exact) mass is 839 g/mol. The predicted octanol–water partition coefficient (Wildman–Crippen LogP) is 12.3. The first-order valence-corrected chi connectivity index (χ1v) is 17.8. The second-order valence-corrected chi connectivity index (χ2v) is 17.6. The molecule has 0 saturated heterocycles. The van der Waals surface area contributed by atoms with Crippen LogP contribution >= 0.6 is 0 Å². The molecule has 0 bridgehead atoms. The summed E-state index contributed by atoms with van der Waals surface area (Å²) in [6.07, 6.45) is 3.84. The van der Waals surface area contributed by atoms with E-state index in [1.807, 2.05) is 30.6 Å². The van der Waals surface area contributed by atoms with Gasteiger partial charge in [0.05, 0.1) is 0 Å². The van der Waals surface area contributed by atoms with Crippen LogP contribution in [0.2, 0.25) is 0 Å². The largest absolute Gasteiger partial charge is 0.305 e. The Balaban J connectivity index is 0.000000198. The van der Waals surface area contributed by atoms with Gasteiger partial charge in [-0.15, -0.1) is 69.8 Å². The van der Waals surface area contributed by atoms with Gasteiger partial charge in [0.1, 0.15) is 0 Å². The smallest absolute Gasteiger partial charge is 0.0242 e. The first-order chi connectivity index (χ1) is 22.8. The van der Waals surface area contributed by atoms with E-state index in [1.165, 1.54) is 38.9 Å². The number of nitrogens with zero attached hydrogens (tertiary/aromatic N) is 2. The quantitative estimate of drug-likeness (QED) is 0.169. The molecule has 0 unspecified atom stereocenters. The third kappa shape index (κ3) is 5.55. The van der Waals surface area contributed by atoms with Crippen LogP contribution in [0.5, 0.6) is 0 Å². The van der Waals surface area contributed by atoms with E-state index in [2.05, 4.69) is 168 Å². The maximum atomic E-state index is 4.80. The van der Waals surface area contributed by atoms with E-state index < -0.39 is 0 Å². The van der Waals surface area contributed by atoms with Gasteiger partial charge in [-0.1, -0.05) is 132 Å². The minimum Gasteiger partial charge on any atom is -0.305 e. The minimum absolute atomic E-state index is 0. The molecule has 2 nitrogen and oxygen atoms in total. The first kappa shape index (κ1) is 37.9. The Hall–Kier alpha value is -3.39. The molecule has 2 aliphatic carbocycles. The van der Waals surface area contributed by atoms with Crippen molar-refractivity contribution < 1.29 is 20.1 Å².